The second-order valence-corrected chi connectivity index (χ2v) is 5.49. The topological polar surface area (TPSA) is 52.5 Å². The molecule has 2 fully saturated rings. The van der Waals surface area contributed by atoms with Crippen molar-refractivity contribution in [3.63, 3.8) is 0 Å². The monoisotopic (exact) mass is 227 g/mol. The quantitative estimate of drug-likeness (QED) is 0.641. The van der Waals surface area contributed by atoms with E-state index < -0.39 is 0 Å². The second-order valence-electron chi connectivity index (χ2n) is 5.49. The lowest BCUT2D eigenvalue weighted by Gasteiger charge is -2.33. The Kier molecular flexibility index (Phi) is 4.62. The van der Waals surface area contributed by atoms with Crippen molar-refractivity contribution in [2.24, 2.45) is 11.8 Å². The smallest absolute Gasteiger partial charge is 0.0607 e. The van der Waals surface area contributed by atoms with Crippen LogP contribution in [0.3, 0.4) is 0 Å². The molecule has 1 atom stereocenters. The van der Waals surface area contributed by atoms with Crippen LogP contribution in [0, 0.1) is 11.8 Å². The van der Waals surface area contributed by atoms with Crippen LogP contribution >= 0.6 is 0 Å². The molecule has 0 amide bonds. The summed E-state index contributed by atoms with van der Waals surface area (Å²) in [6, 6.07) is 0.428. The molecule has 0 heterocycles. The number of rotatable bonds is 6. The third-order valence-electron chi connectivity index (χ3n) is 4.16. The van der Waals surface area contributed by atoms with Gasteiger partial charge in [0.05, 0.1) is 19.3 Å². The minimum atomic E-state index is -0.118. The van der Waals surface area contributed by atoms with Gasteiger partial charge in [-0.25, -0.2) is 0 Å². The van der Waals surface area contributed by atoms with Gasteiger partial charge in [-0.05, 0) is 37.5 Å². The zero-order valence-electron chi connectivity index (χ0n) is 10.1. The average molecular weight is 227 g/mol. The molecule has 16 heavy (non-hydrogen) atoms. The minimum Gasteiger partial charge on any atom is -0.395 e. The van der Waals surface area contributed by atoms with E-state index in [2.05, 4.69) is 5.32 Å². The molecule has 0 aromatic heterocycles. The van der Waals surface area contributed by atoms with Crippen LogP contribution < -0.4 is 5.32 Å². The molecule has 3 N–H and O–H groups in total. The Morgan fingerprint density at radius 3 is 1.94 bits per heavy atom. The number of hydrogen-bond donors (Lipinski definition) is 3. The number of aliphatic hydroxyl groups excluding tert-OH is 2. The lowest BCUT2D eigenvalue weighted by Crippen LogP contribution is -2.48. The van der Waals surface area contributed by atoms with Gasteiger partial charge >= 0.3 is 0 Å². The van der Waals surface area contributed by atoms with Crippen molar-refractivity contribution in [3.05, 3.63) is 0 Å². The van der Waals surface area contributed by atoms with Gasteiger partial charge in [0, 0.05) is 6.04 Å². The van der Waals surface area contributed by atoms with Crippen LogP contribution in [0.5, 0.6) is 0 Å². The predicted octanol–water partition coefficient (Wildman–Crippen LogP) is 1.29. The molecule has 1 unspecified atom stereocenters. The predicted molar refractivity (Wildman–Crippen MR) is 64.2 cm³/mol. The maximum Gasteiger partial charge on any atom is 0.0607 e. The van der Waals surface area contributed by atoms with Gasteiger partial charge in [0.15, 0.2) is 0 Å². The van der Waals surface area contributed by atoms with E-state index in [0.29, 0.717) is 6.04 Å². The molecular weight excluding hydrogens is 202 g/mol. The molecule has 2 rings (SSSR count). The first-order valence-corrected chi connectivity index (χ1v) is 6.83. The van der Waals surface area contributed by atoms with Crippen LogP contribution in [-0.4, -0.2) is 35.5 Å². The fourth-order valence-electron chi connectivity index (χ4n) is 3.04. The lowest BCUT2D eigenvalue weighted by molar-refractivity contribution is 0.137. The molecule has 94 valence electrons. The summed E-state index contributed by atoms with van der Waals surface area (Å²) in [7, 11) is 0. The van der Waals surface area contributed by atoms with Crippen molar-refractivity contribution < 1.29 is 10.2 Å². The summed E-state index contributed by atoms with van der Waals surface area (Å²) in [5.74, 6) is 1.59. The van der Waals surface area contributed by atoms with Crippen LogP contribution in [0.4, 0.5) is 0 Å². The van der Waals surface area contributed by atoms with Gasteiger partial charge in [0.25, 0.3) is 0 Å². The molecule has 2 saturated carbocycles. The van der Waals surface area contributed by atoms with Crippen molar-refractivity contribution >= 4 is 0 Å². The van der Waals surface area contributed by atoms with Crippen molar-refractivity contribution in [1.82, 2.24) is 5.32 Å². The van der Waals surface area contributed by atoms with E-state index in [1.54, 1.807) is 0 Å². The van der Waals surface area contributed by atoms with Crippen LogP contribution in [0.1, 0.15) is 44.9 Å². The summed E-state index contributed by atoms with van der Waals surface area (Å²) in [6.07, 6.45) is 9.43. The highest BCUT2D eigenvalue weighted by Gasteiger charge is 2.37. The van der Waals surface area contributed by atoms with Gasteiger partial charge in [-0.15, -0.1) is 0 Å². The van der Waals surface area contributed by atoms with Crippen LogP contribution in [0.25, 0.3) is 0 Å². The molecule has 0 spiro atoms. The molecule has 2 aliphatic rings. The first kappa shape index (κ1) is 12.3. The van der Waals surface area contributed by atoms with Crippen molar-refractivity contribution in [2.45, 2.75) is 57.0 Å². The Morgan fingerprint density at radius 1 is 0.875 bits per heavy atom. The van der Waals surface area contributed by atoms with E-state index in [9.17, 15) is 0 Å². The summed E-state index contributed by atoms with van der Waals surface area (Å²) >= 11 is 0. The third kappa shape index (κ3) is 3.19. The van der Waals surface area contributed by atoms with E-state index >= 15 is 0 Å². The molecule has 0 radical (unpaired) electrons. The molecule has 0 aliphatic heterocycles. The lowest BCUT2D eigenvalue weighted by atomic mass is 9.81. The molecule has 0 aromatic rings. The van der Waals surface area contributed by atoms with Gasteiger partial charge in [0.1, 0.15) is 0 Å². The second kappa shape index (κ2) is 5.99. The highest BCUT2D eigenvalue weighted by atomic mass is 16.3. The van der Waals surface area contributed by atoms with Crippen LogP contribution in [0.15, 0.2) is 0 Å². The molecule has 0 aromatic carbocycles. The minimum absolute atomic E-state index is 0.0481. The Balaban J connectivity index is 1.87. The SMILES string of the molecule is OCC(CO)NC(C1CCCCC1)C1CC1. The van der Waals surface area contributed by atoms with Crippen molar-refractivity contribution in [3.8, 4) is 0 Å². The molecule has 0 bridgehead atoms. The summed E-state index contributed by atoms with van der Waals surface area (Å²) in [5.41, 5.74) is 0. The maximum atomic E-state index is 9.15. The van der Waals surface area contributed by atoms with Gasteiger partial charge in [0.2, 0.25) is 0 Å². The summed E-state index contributed by atoms with van der Waals surface area (Å²) in [5, 5.41) is 21.8. The highest BCUT2D eigenvalue weighted by molar-refractivity contribution is 4.93. The van der Waals surface area contributed by atoms with E-state index in [0.717, 1.165) is 11.8 Å². The molecule has 2 aliphatic carbocycles. The Hall–Kier alpha value is -0.120. The number of aliphatic hydroxyl groups is 2. The Labute approximate surface area is 98.2 Å². The first-order valence-electron chi connectivity index (χ1n) is 6.83. The van der Waals surface area contributed by atoms with Gasteiger partial charge in [-0.1, -0.05) is 19.3 Å². The van der Waals surface area contributed by atoms with E-state index in [-0.39, 0.29) is 19.3 Å². The highest BCUT2D eigenvalue weighted by Crippen LogP contribution is 2.40. The maximum absolute atomic E-state index is 9.15. The number of hydrogen-bond acceptors (Lipinski definition) is 3. The summed E-state index contributed by atoms with van der Waals surface area (Å²) in [6.45, 7) is 0.0961. The van der Waals surface area contributed by atoms with Crippen molar-refractivity contribution in [1.29, 1.82) is 0 Å². The average Bonchev–Trinajstić information content (AvgIpc) is 3.16. The van der Waals surface area contributed by atoms with Crippen LogP contribution in [-0.2, 0) is 0 Å². The Morgan fingerprint density at radius 2 is 1.44 bits per heavy atom. The van der Waals surface area contributed by atoms with Gasteiger partial charge < -0.3 is 15.5 Å². The molecule has 0 saturated heterocycles. The standard InChI is InChI=1S/C13H25NO2/c15-8-12(9-16)14-13(11-6-7-11)10-4-2-1-3-5-10/h10-16H,1-9H2. The molecular formula is C13H25NO2. The van der Waals surface area contributed by atoms with E-state index in [1.807, 2.05) is 0 Å². The van der Waals surface area contributed by atoms with Crippen LogP contribution in [0.2, 0.25) is 0 Å². The fourth-order valence-corrected chi connectivity index (χ4v) is 3.04. The Bertz CT molecular complexity index is 196. The third-order valence-corrected chi connectivity index (χ3v) is 4.16. The summed E-state index contributed by atoms with van der Waals surface area (Å²) < 4.78 is 0. The largest absolute Gasteiger partial charge is 0.395 e. The number of nitrogens with one attached hydrogen (secondary N) is 1. The van der Waals surface area contributed by atoms with Gasteiger partial charge in [-0.2, -0.15) is 0 Å². The van der Waals surface area contributed by atoms with E-state index in [1.165, 1.54) is 44.9 Å². The van der Waals surface area contributed by atoms with Gasteiger partial charge in [-0.3, -0.25) is 0 Å². The van der Waals surface area contributed by atoms with E-state index in [4.69, 9.17) is 10.2 Å². The first-order chi connectivity index (χ1) is 7.85. The molecule has 3 nitrogen and oxygen atoms in total. The normalized spacial score (nSPS) is 24.9. The van der Waals surface area contributed by atoms with Crippen molar-refractivity contribution in [2.75, 3.05) is 13.2 Å². The molecule has 3 heteroatoms. The fraction of sp³-hybridized carbons (Fsp3) is 1.00. The summed E-state index contributed by atoms with van der Waals surface area (Å²) in [4.78, 5) is 0. The zero-order valence-corrected chi connectivity index (χ0v) is 10.1. The zero-order chi connectivity index (χ0) is 11.4.